The first-order valence-electron chi connectivity index (χ1n) is 6.70. The van der Waals surface area contributed by atoms with Crippen LogP contribution in [-0.2, 0) is 11.2 Å². The van der Waals surface area contributed by atoms with Crippen LogP contribution in [0.1, 0.15) is 38.2 Å². The molecule has 0 saturated heterocycles. The number of hydrogen-bond acceptors (Lipinski definition) is 1. The van der Waals surface area contributed by atoms with Gasteiger partial charge in [0.05, 0.1) is 0 Å². The van der Waals surface area contributed by atoms with Gasteiger partial charge in [-0.3, -0.25) is 4.79 Å². The van der Waals surface area contributed by atoms with Crippen molar-refractivity contribution in [2.45, 2.75) is 45.1 Å². The summed E-state index contributed by atoms with van der Waals surface area (Å²) in [5.41, 5.74) is 2.40. The number of carbonyl (C=O) groups excluding carboxylic acids is 1. The summed E-state index contributed by atoms with van der Waals surface area (Å²) in [7, 11) is 0. The van der Waals surface area contributed by atoms with E-state index >= 15 is 0 Å². The predicted octanol–water partition coefficient (Wildman–Crippen LogP) is 3.76. The number of anilines is 1. The molecule has 3 heteroatoms. The number of fused-ring (bicyclic) bond motifs is 1. The van der Waals surface area contributed by atoms with Gasteiger partial charge in [0.1, 0.15) is 0 Å². The number of benzene rings is 1. The Balaban J connectivity index is 2.13. The number of unbranched alkanes of at least 4 members (excludes halogenated alkanes) is 1. The van der Waals surface area contributed by atoms with Crippen LogP contribution in [0.3, 0.4) is 0 Å². The van der Waals surface area contributed by atoms with E-state index in [0.29, 0.717) is 18.3 Å². The Bertz CT molecular complexity index is 419. The number of hydrogen-bond donors (Lipinski definition) is 0. The fourth-order valence-corrected chi connectivity index (χ4v) is 2.75. The maximum absolute atomic E-state index is 12.3. The van der Waals surface area contributed by atoms with Crippen molar-refractivity contribution in [1.82, 2.24) is 0 Å². The summed E-state index contributed by atoms with van der Waals surface area (Å²) in [5.74, 6) is 0.874. The van der Waals surface area contributed by atoms with E-state index in [1.165, 1.54) is 5.56 Å². The first-order valence-corrected chi connectivity index (χ1v) is 7.23. The molecule has 1 atom stereocenters. The lowest BCUT2D eigenvalue weighted by Crippen LogP contribution is -2.42. The van der Waals surface area contributed by atoms with Gasteiger partial charge >= 0.3 is 0 Å². The van der Waals surface area contributed by atoms with Gasteiger partial charge in [-0.05, 0) is 44.2 Å². The van der Waals surface area contributed by atoms with Gasteiger partial charge in [-0.15, -0.1) is 11.6 Å². The van der Waals surface area contributed by atoms with E-state index in [-0.39, 0.29) is 5.91 Å². The zero-order valence-electron chi connectivity index (χ0n) is 10.9. The van der Waals surface area contributed by atoms with Crippen molar-refractivity contribution < 1.29 is 4.79 Å². The number of nitrogens with zero attached hydrogens (tertiary/aromatic N) is 1. The van der Waals surface area contributed by atoms with Crippen molar-refractivity contribution in [2.24, 2.45) is 0 Å². The lowest BCUT2D eigenvalue weighted by atomic mass is 9.96. The molecule has 0 radical (unpaired) electrons. The molecule has 1 heterocycles. The van der Waals surface area contributed by atoms with Gasteiger partial charge in [0.2, 0.25) is 5.91 Å². The molecule has 1 aliphatic heterocycles. The highest BCUT2D eigenvalue weighted by Crippen LogP contribution is 2.31. The Hall–Kier alpha value is -1.02. The van der Waals surface area contributed by atoms with Crippen LogP contribution in [0.5, 0.6) is 0 Å². The van der Waals surface area contributed by atoms with Crippen LogP contribution in [-0.4, -0.2) is 17.8 Å². The average Bonchev–Trinajstić information content (AvgIpc) is 2.38. The third-order valence-electron chi connectivity index (χ3n) is 3.57. The summed E-state index contributed by atoms with van der Waals surface area (Å²) in [4.78, 5) is 14.3. The van der Waals surface area contributed by atoms with Gasteiger partial charge in [0.25, 0.3) is 0 Å². The molecule has 98 valence electrons. The molecule has 2 rings (SSSR count). The van der Waals surface area contributed by atoms with Crippen LogP contribution >= 0.6 is 11.6 Å². The average molecular weight is 266 g/mol. The number of carbonyl (C=O) groups is 1. The molecule has 0 spiro atoms. The van der Waals surface area contributed by atoms with E-state index in [2.05, 4.69) is 19.1 Å². The normalized spacial score (nSPS) is 18.6. The van der Waals surface area contributed by atoms with E-state index in [0.717, 1.165) is 31.4 Å². The summed E-state index contributed by atoms with van der Waals surface area (Å²) >= 11 is 5.66. The standard InChI is InChI=1S/C15H20ClNO/c1-12-9-10-13-6-2-3-7-14(13)17(12)15(18)8-4-5-11-16/h2-3,6-7,12H,4-5,8-11H2,1H3. The van der Waals surface area contributed by atoms with Crippen molar-refractivity contribution in [3.8, 4) is 0 Å². The summed E-state index contributed by atoms with van der Waals surface area (Å²) in [6.45, 7) is 2.13. The third kappa shape index (κ3) is 2.86. The second kappa shape index (κ2) is 6.24. The molecule has 1 aromatic carbocycles. The Morgan fingerprint density at radius 1 is 1.39 bits per heavy atom. The molecule has 0 N–H and O–H groups in total. The molecular weight excluding hydrogens is 246 g/mol. The Morgan fingerprint density at radius 2 is 2.17 bits per heavy atom. The molecule has 1 unspecified atom stereocenters. The molecular formula is C15H20ClNO. The van der Waals surface area contributed by atoms with E-state index < -0.39 is 0 Å². The van der Waals surface area contributed by atoms with Gasteiger partial charge in [0, 0.05) is 24.0 Å². The molecule has 2 nitrogen and oxygen atoms in total. The zero-order chi connectivity index (χ0) is 13.0. The third-order valence-corrected chi connectivity index (χ3v) is 3.83. The summed E-state index contributed by atoms with van der Waals surface area (Å²) in [6, 6.07) is 8.55. The minimum absolute atomic E-state index is 0.236. The van der Waals surface area contributed by atoms with Crippen molar-refractivity contribution in [3.63, 3.8) is 0 Å². The molecule has 1 aliphatic rings. The first kappa shape index (κ1) is 13.4. The van der Waals surface area contributed by atoms with Crippen molar-refractivity contribution in [3.05, 3.63) is 29.8 Å². The highest BCUT2D eigenvalue weighted by atomic mass is 35.5. The van der Waals surface area contributed by atoms with E-state index in [9.17, 15) is 4.79 Å². The van der Waals surface area contributed by atoms with Crippen LogP contribution in [0.25, 0.3) is 0 Å². The molecule has 0 fully saturated rings. The Kier molecular flexibility index (Phi) is 4.65. The number of alkyl halides is 1. The van der Waals surface area contributed by atoms with Gasteiger partial charge in [0.15, 0.2) is 0 Å². The predicted molar refractivity (Wildman–Crippen MR) is 76.3 cm³/mol. The van der Waals surface area contributed by atoms with Crippen molar-refractivity contribution >= 4 is 23.2 Å². The maximum atomic E-state index is 12.3. The second-order valence-electron chi connectivity index (χ2n) is 4.93. The van der Waals surface area contributed by atoms with E-state index in [1.807, 2.05) is 17.0 Å². The smallest absolute Gasteiger partial charge is 0.227 e. The molecule has 0 aromatic heterocycles. The number of rotatable bonds is 4. The highest BCUT2D eigenvalue weighted by Gasteiger charge is 2.27. The maximum Gasteiger partial charge on any atom is 0.227 e. The number of amides is 1. The summed E-state index contributed by atoms with van der Waals surface area (Å²) in [6.07, 6.45) is 4.53. The fraction of sp³-hybridized carbons (Fsp3) is 0.533. The number of para-hydroxylation sites is 1. The largest absolute Gasteiger partial charge is 0.309 e. The van der Waals surface area contributed by atoms with Gasteiger partial charge in [-0.1, -0.05) is 18.2 Å². The SMILES string of the molecule is CC1CCc2ccccc2N1C(=O)CCCCCl. The van der Waals surface area contributed by atoms with Gasteiger partial charge in [-0.25, -0.2) is 0 Å². The van der Waals surface area contributed by atoms with Gasteiger partial charge < -0.3 is 4.90 Å². The Morgan fingerprint density at radius 3 is 2.94 bits per heavy atom. The minimum atomic E-state index is 0.236. The van der Waals surface area contributed by atoms with Crippen LogP contribution < -0.4 is 4.90 Å². The van der Waals surface area contributed by atoms with E-state index in [1.54, 1.807) is 0 Å². The molecule has 1 amide bonds. The first-order chi connectivity index (χ1) is 8.74. The monoisotopic (exact) mass is 265 g/mol. The molecule has 18 heavy (non-hydrogen) atoms. The molecule has 0 bridgehead atoms. The summed E-state index contributed by atoms with van der Waals surface area (Å²) in [5, 5.41) is 0. The van der Waals surface area contributed by atoms with Crippen LogP contribution in [0.4, 0.5) is 5.69 Å². The van der Waals surface area contributed by atoms with Crippen molar-refractivity contribution in [1.29, 1.82) is 0 Å². The highest BCUT2D eigenvalue weighted by molar-refractivity contribution is 6.17. The number of aryl methyl sites for hydroxylation is 1. The van der Waals surface area contributed by atoms with Crippen LogP contribution in [0.15, 0.2) is 24.3 Å². The van der Waals surface area contributed by atoms with Gasteiger partial charge in [-0.2, -0.15) is 0 Å². The minimum Gasteiger partial charge on any atom is -0.309 e. The molecule has 1 aromatic rings. The Labute approximate surface area is 114 Å². The van der Waals surface area contributed by atoms with Crippen molar-refractivity contribution in [2.75, 3.05) is 10.8 Å². The van der Waals surface area contributed by atoms with Crippen LogP contribution in [0, 0.1) is 0 Å². The lowest BCUT2D eigenvalue weighted by molar-refractivity contribution is -0.119. The fourth-order valence-electron chi connectivity index (χ4n) is 2.56. The molecule has 0 aliphatic carbocycles. The zero-order valence-corrected chi connectivity index (χ0v) is 11.6. The quantitative estimate of drug-likeness (QED) is 0.600. The van der Waals surface area contributed by atoms with Crippen LogP contribution in [0.2, 0.25) is 0 Å². The summed E-state index contributed by atoms with van der Waals surface area (Å²) < 4.78 is 0. The number of halogens is 1. The van der Waals surface area contributed by atoms with E-state index in [4.69, 9.17) is 11.6 Å². The topological polar surface area (TPSA) is 20.3 Å². The second-order valence-corrected chi connectivity index (χ2v) is 5.30. The lowest BCUT2D eigenvalue weighted by Gasteiger charge is -2.35. The molecule has 0 saturated carbocycles.